The molecule has 21 heavy (non-hydrogen) atoms. The molecule has 0 N–H and O–H groups in total. The van der Waals surface area contributed by atoms with Crippen LogP contribution < -0.4 is 0 Å². The Balaban J connectivity index is 2.18. The molecule has 0 aromatic rings. The van der Waals surface area contributed by atoms with Gasteiger partial charge in [-0.25, -0.2) is 0 Å². The molecule has 2 fully saturated rings. The van der Waals surface area contributed by atoms with Gasteiger partial charge in [0.2, 0.25) is 0 Å². The molecule has 2 rings (SSSR count). The largest absolute Gasteiger partial charge is 0.293 e. The molecule has 0 aliphatic heterocycles. The van der Waals surface area contributed by atoms with Gasteiger partial charge in [0.15, 0.2) is 0 Å². The number of hydrogen-bond donors (Lipinski definition) is 0. The molecule has 0 saturated heterocycles. The first-order valence-corrected chi connectivity index (χ1v) is 9.88. The summed E-state index contributed by atoms with van der Waals surface area (Å²) >= 11 is 0. The molecule has 0 aromatic carbocycles. The van der Waals surface area contributed by atoms with Crippen LogP contribution in [0.1, 0.15) is 111 Å². The average molecular weight is 294 g/mol. The summed E-state index contributed by atoms with van der Waals surface area (Å²) in [7, 11) is 0. The SMILES string of the molecule is CCCCN(C1(C)CCCCCC1)C1(C)CCCCCC1. The van der Waals surface area contributed by atoms with Gasteiger partial charge in [-0.3, -0.25) is 4.90 Å². The maximum Gasteiger partial charge on any atom is 0.0186 e. The average Bonchev–Trinajstić information content (AvgIpc) is 2.81. The van der Waals surface area contributed by atoms with E-state index in [0.29, 0.717) is 11.1 Å². The minimum atomic E-state index is 0.477. The molecule has 2 aliphatic rings. The number of hydrogen-bond acceptors (Lipinski definition) is 1. The molecule has 0 spiro atoms. The fourth-order valence-corrected chi connectivity index (χ4v) is 5.03. The maximum atomic E-state index is 3.01. The van der Waals surface area contributed by atoms with Crippen LogP contribution in [0.15, 0.2) is 0 Å². The zero-order chi connectivity index (χ0) is 15.2. The van der Waals surface area contributed by atoms with Crippen molar-refractivity contribution in [1.82, 2.24) is 4.90 Å². The number of nitrogens with zero attached hydrogens (tertiary/aromatic N) is 1. The molecular weight excluding hydrogens is 254 g/mol. The van der Waals surface area contributed by atoms with E-state index >= 15 is 0 Å². The van der Waals surface area contributed by atoms with Gasteiger partial charge in [-0.05, 0) is 52.5 Å². The van der Waals surface area contributed by atoms with Gasteiger partial charge in [0.05, 0.1) is 0 Å². The van der Waals surface area contributed by atoms with Crippen molar-refractivity contribution in [2.24, 2.45) is 0 Å². The van der Waals surface area contributed by atoms with E-state index in [0.717, 1.165) is 0 Å². The molecule has 0 heterocycles. The molecule has 1 heteroatoms. The van der Waals surface area contributed by atoms with Crippen LogP contribution in [-0.4, -0.2) is 22.5 Å². The third-order valence-electron chi connectivity index (χ3n) is 6.40. The van der Waals surface area contributed by atoms with Crippen molar-refractivity contribution < 1.29 is 0 Å². The summed E-state index contributed by atoms with van der Waals surface area (Å²) in [5.41, 5.74) is 0.954. The van der Waals surface area contributed by atoms with Gasteiger partial charge >= 0.3 is 0 Å². The van der Waals surface area contributed by atoms with Gasteiger partial charge in [-0.2, -0.15) is 0 Å². The highest BCUT2D eigenvalue weighted by Crippen LogP contribution is 2.42. The van der Waals surface area contributed by atoms with Crippen molar-refractivity contribution in [1.29, 1.82) is 0 Å². The molecule has 0 unspecified atom stereocenters. The topological polar surface area (TPSA) is 3.24 Å². The Morgan fingerprint density at radius 3 is 1.38 bits per heavy atom. The number of unbranched alkanes of at least 4 members (excludes halogenated alkanes) is 1. The van der Waals surface area contributed by atoms with Gasteiger partial charge < -0.3 is 0 Å². The molecule has 2 aliphatic carbocycles. The van der Waals surface area contributed by atoms with Crippen LogP contribution in [0.4, 0.5) is 0 Å². The number of rotatable bonds is 5. The standard InChI is InChI=1S/C20H39N/c1-4-5-18-21(19(2)14-10-6-7-11-15-19)20(3)16-12-8-9-13-17-20/h4-18H2,1-3H3. The molecule has 2 saturated carbocycles. The molecule has 124 valence electrons. The Hall–Kier alpha value is -0.0400. The van der Waals surface area contributed by atoms with Crippen molar-refractivity contribution >= 4 is 0 Å². The van der Waals surface area contributed by atoms with E-state index in [4.69, 9.17) is 0 Å². The van der Waals surface area contributed by atoms with Crippen molar-refractivity contribution in [2.75, 3.05) is 6.54 Å². The first kappa shape index (κ1) is 17.3. The molecule has 1 nitrogen and oxygen atoms in total. The summed E-state index contributed by atoms with van der Waals surface area (Å²) in [6.45, 7) is 8.89. The minimum absolute atomic E-state index is 0.477. The van der Waals surface area contributed by atoms with Gasteiger partial charge in [0.25, 0.3) is 0 Å². The van der Waals surface area contributed by atoms with Crippen molar-refractivity contribution in [3.63, 3.8) is 0 Å². The summed E-state index contributed by atoms with van der Waals surface area (Å²) < 4.78 is 0. The smallest absolute Gasteiger partial charge is 0.0186 e. The van der Waals surface area contributed by atoms with E-state index in [1.165, 1.54) is 96.4 Å². The third-order valence-corrected chi connectivity index (χ3v) is 6.40. The van der Waals surface area contributed by atoms with E-state index in [9.17, 15) is 0 Å². The normalized spacial score (nSPS) is 26.3. The predicted molar refractivity (Wildman–Crippen MR) is 93.8 cm³/mol. The lowest BCUT2D eigenvalue weighted by Crippen LogP contribution is -2.58. The zero-order valence-corrected chi connectivity index (χ0v) is 15.1. The van der Waals surface area contributed by atoms with Crippen LogP contribution in [0.5, 0.6) is 0 Å². The Bertz CT molecular complexity index is 254. The van der Waals surface area contributed by atoms with Crippen LogP contribution in [0.25, 0.3) is 0 Å². The quantitative estimate of drug-likeness (QED) is 0.536. The second kappa shape index (κ2) is 7.99. The second-order valence-electron chi connectivity index (χ2n) is 8.33. The maximum absolute atomic E-state index is 3.01. The highest BCUT2D eigenvalue weighted by atomic mass is 15.3. The van der Waals surface area contributed by atoms with Crippen LogP contribution in [0.2, 0.25) is 0 Å². The molecule has 0 amide bonds. The van der Waals surface area contributed by atoms with Crippen molar-refractivity contribution in [3.8, 4) is 0 Å². The lowest BCUT2D eigenvalue weighted by molar-refractivity contribution is -0.0237. The van der Waals surface area contributed by atoms with Gasteiger partial charge in [-0.15, -0.1) is 0 Å². The summed E-state index contributed by atoms with van der Waals surface area (Å²) in [5, 5.41) is 0. The Labute approximate surface area is 133 Å². The predicted octanol–water partition coefficient (Wildman–Crippen LogP) is 6.31. The molecule has 0 radical (unpaired) electrons. The van der Waals surface area contributed by atoms with E-state index in [2.05, 4.69) is 25.7 Å². The summed E-state index contributed by atoms with van der Waals surface area (Å²) in [4.78, 5) is 3.01. The monoisotopic (exact) mass is 293 g/mol. The molecule has 0 atom stereocenters. The van der Waals surface area contributed by atoms with Crippen LogP contribution >= 0.6 is 0 Å². The summed E-state index contributed by atoms with van der Waals surface area (Å²) in [6.07, 6.45) is 20.1. The highest BCUT2D eigenvalue weighted by Gasteiger charge is 2.42. The Morgan fingerprint density at radius 1 is 0.667 bits per heavy atom. The summed E-state index contributed by atoms with van der Waals surface area (Å²) in [6, 6.07) is 0. The highest BCUT2D eigenvalue weighted by molar-refractivity contribution is 4.98. The lowest BCUT2D eigenvalue weighted by atomic mass is 9.81. The van der Waals surface area contributed by atoms with Crippen LogP contribution in [-0.2, 0) is 0 Å². The van der Waals surface area contributed by atoms with Crippen LogP contribution in [0.3, 0.4) is 0 Å². The molecule has 0 bridgehead atoms. The first-order chi connectivity index (χ1) is 10.1. The van der Waals surface area contributed by atoms with E-state index < -0.39 is 0 Å². The molecular formula is C20H39N. The Morgan fingerprint density at radius 2 is 1.05 bits per heavy atom. The fourth-order valence-electron chi connectivity index (χ4n) is 5.03. The van der Waals surface area contributed by atoms with Gasteiger partial charge in [0, 0.05) is 11.1 Å². The van der Waals surface area contributed by atoms with Crippen LogP contribution in [0, 0.1) is 0 Å². The van der Waals surface area contributed by atoms with E-state index in [1.807, 2.05) is 0 Å². The van der Waals surface area contributed by atoms with E-state index in [1.54, 1.807) is 0 Å². The van der Waals surface area contributed by atoms with Crippen molar-refractivity contribution in [2.45, 2.75) is 122 Å². The minimum Gasteiger partial charge on any atom is -0.293 e. The Kier molecular flexibility index (Phi) is 6.59. The zero-order valence-electron chi connectivity index (χ0n) is 15.1. The lowest BCUT2D eigenvalue weighted by Gasteiger charge is -2.52. The van der Waals surface area contributed by atoms with Gasteiger partial charge in [-0.1, -0.05) is 64.7 Å². The van der Waals surface area contributed by atoms with E-state index in [-0.39, 0.29) is 0 Å². The summed E-state index contributed by atoms with van der Waals surface area (Å²) in [5.74, 6) is 0. The fraction of sp³-hybridized carbons (Fsp3) is 1.00. The van der Waals surface area contributed by atoms with Gasteiger partial charge in [0.1, 0.15) is 0 Å². The molecule has 0 aromatic heterocycles. The second-order valence-corrected chi connectivity index (χ2v) is 8.33. The first-order valence-electron chi connectivity index (χ1n) is 9.88. The third kappa shape index (κ3) is 4.47. The van der Waals surface area contributed by atoms with Crippen molar-refractivity contribution in [3.05, 3.63) is 0 Å².